The lowest BCUT2D eigenvalue weighted by molar-refractivity contribution is 0.111. The van der Waals surface area contributed by atoms with Crippen LogP contribution in [-0.2, 0) is 24.4 Å². The van der Waals surface area contributed by atoms with Gasteiger partial charge in [-0.3, -0.25) is 9.58 Å². The molecule has 1 aromatic rings. The predicted octanol–water partition coefficient (Wildman–Crippen LogP) is 0.597. The maximum absolute atomic E-state index is 5.30. The molecule has 0 bridgehead atoms. The highest BCUT2D eigenvalue weighted by Crippen LogP contribution is 2.20. The predicted molar refractivity (Wildman–Crippen MR) is 69.2 cm³/mol. The molecule has 0 saturated carbocycles. The fourth-order valence-electron chi connectivity index (χ4n) is 3.02. The molecule has 2 aliphatic heterocycles. The van der Waals surface area contributed by atoms with Gasteiger partial charge in [-0.2, -0.15) is 5.10 Å². The Morgan fingerprint density at radius 3 is 3.28 bits per heavy atom. The average molecular weight is 250 g/mol. The molecule has 0 unspecified atom stereocenters. The normalized spacial score (nSPS) is 24.4. The number of nitrogens with one attached hydrogen (secondary N) is 1. The summed E-state index contributed by atoms with van der Waals surface area (Å²) < 4.78 is 7.44. The van der Waals surface area contributed by atoms with E-state index in [-0.39, 0.29) is 0 Å². The van der Waals surface area contributed by atoms with Crippen LogP contribution in [0.1, 0.15) is 24.2 Å². The zero-order valence-corrected chi connectivity index (χ0v) is 11.1. The number of likely N-dealkylation sites (tertiary alicyclic amines) is 1. The van der Waals surface area contributed by atoms with Crippen molar-refractivity contribution in [3.05, 3.63) is 17.5 Å². The third-order valence-electron chi connectivity index (χ3n) is 3.94. The highest BCUT2D eigenvalue weighted by Gasteiger charge is 2.25. The molecule has 0 radical (unpaired) electrons. The summed E-state index contributed by atoms with van der Waals surface area (Å²) in [7, 11) is 1.79. The van der Waals surface area contributed by atoms with Gasteiger partial charge in [0.2, 0.25) is 0 Å². The fourth-order valence-corrected chi connectivity index (χ4v) is 3.02. The maximum atomic E-state index is 5.30. The minimum atomic E-state index is 0.576. The summed E-state index contributed by atoms with van der Waals surface area (Å²) in [6.45, 7) is 5.97. The lowest BCUT2D eigenvalue weighted by atomic mass is 10.2. The second-order valence-corrected chi connectivity index (χ2v) is 5.25. The van der Waals surface area contributed by atoms with Gasteiger partial charge in [0, 0.05) is 32.8 Å². The van der Waals surface area contributed by atoms with Gasteiger partial charge in [0.05, 0.1) is 24.5 Å². The smallest absolute Gasteiger partial charge is 0.0768 e. The van der Waals surface area contributed by atoms with Gasteiger partial charge in [-0.15, -0.1) is 0 Å². The van der Waals surface area contributed by atoms with Crippen LogP contribution in [0.3, 0.4) is 0 Å². The van der Waals surface area contributed by atoms with E-state index in [1.165, 1.54) is 30.8 Å². The third-order valence-corrected chi connectivity index (χ3v) is 3.94. The van der Waals surface area contributed by atoms with Crippen LogP contribution in [-0.4, -0.2) is 47.5 Å². The van der Waals surface area contributed by atoms with Crippen molar-refractivity contribution in [1.82, 2.24) is 20.0 Å². The first-order chi connectivity index (χ1) is 8.86. The van der Waals surface area contributed by atoms with Gasteiger partial charge in [-0.1, -0.05) is 0 Å². The first kappa shape index (κ1) is 12.1. The first-order valence-electron chi connectivity index (χ1n) is 6.86. The molecule has 1 aromatic heterocycles. The van der Waals surface area contributed by atoms with E-state index in [1.807, 2.05) is 0 Å². The summed E-state index contributed by atoms with van der Waals surface area (Å²) in [4.78, 5) is 2.51. The number of methoxy groups -OCH3 is 1. The largest absolute Gasteiger partial charge is 0.383 e. The molecule has 3 heterocycles. The molecule has 0 amide bonds. The van der Waals surface area contributed by atoms with Crippen molar-refractivity contribution in [2.24, 2.45) is 0 Å². The van der Waals surface area contributed by atoms with Crippen molar-refractivity contribution in [2.75, 3.05) is 26.8 Å². The van der Waals surface area contributed by atoms with Crippen molar-refractivity contribution in [3.63, 3.8) is 0 Å². The van der Waals surface area contributed by atoms with Crippen LogP contribution in [0.2, 0.25) is 0 Å². The quantitative estimate of drug-likeness (QED) is 0.849. The molecular weight excluding hydrogens is 228 g/mol. The second-order valence-electron chi connectivity index (χ2n) is 5.25. The molecule has 0 spiro atoms. The van der Waals surface area contributed by atoms with E-state index in [1.54, 1.807) is 7.11 Å². The number of hydrogen-bond acceptors (Lipinski definition) is 4. The average Bonchev–Trinajstić information content (AvgIpc) is 2.97. The van der Waals surface area contributed by atoms with Gasteiger partial charge in [-0.05, 0) is 25.5 Å². The molecule has 5 nitrogen and oxygen atoms in total. The summed E-state index contributed by atoms with van der Waals surface area (Å²) in [5.74, 6) is 0. The maximum Gasteiger partial charge on any atom is 0.0768 e. The Labute approximate surface area is 108 Å². The van der Waals surface area contributed by atoms with Crippen LogP contribution < -0.4 is 5.32 Å². The van der Waals surface area contributed by atoms with Crippen molar-refractivity contribution >= 4 is 0 Å². The lowest BCUT2D eigenvalue weighted by Crippen LogP contribution is -2.32. The van der Waals surface area contributed by atoms with E-state index in [0.717, 1.165) is 32.8 Å². The summed E-state index contributed by atoms with van der Waals surface area (Å²) in [5, 5.41) is 8.09. The van der Waals surface area contributed by atoms with Crippen LogP contribution in [0.25, 0.3) is 0 Å². The SMILES string of the molecule is COC[C@@H]1CCCN1Cc1cc2n(n1)CCNC2. The van der Waals surface area contributed by atoms with Crippen LogP contribution in [0.15, 0.2) is 6.07 Å². The molecule has 100 valence electrons. The van der Waals surface area contributed by atoms with Crippen LogP contribution in [0, 0.1) is 0 Å². The molecule has 1 atom stereocenters. The molecule has 5 heteroatoms. The van der Waals surface area contributed by atoms with Gasteiger partial charge in [0.1, 0.15) is 0 Å². The van der Waals surface area contributed by atoms with Gasteiger partial charge in [0.25, 0.3) is 0 Å². The topological polar surface area (TPSA) is 42.3 Å². The molecular formula is C13H22N4O. The Bertz CT molecular complexity index is 380. The van der Waals surface area contributed by atoms with Crippen LogP contribution >= 0.6 is 0 Å². The summed E-state index contributed by atoms with van der Waals surface area (Å²) in [5.41, 5.74) is 2.52. The van der Waals surface area contributed by atoms with E-state index >= 15 is 0 Å². The minimum Gasteiger partial charge on any atom is -0.383 e. The molecule has 18 heavy (non-hydrogen) atoms. The Balaban J connectivity index is 1.66. The molecule has 0 aromatic carbocycles. The third kappa shape index (κ3) is 2.43. The van der Waals surface area contributed by atoms with Crippen molar-refractivity contribution < 1.29 is 4.74 Å². The van der Waals surface area contributed by atoms with Gasteiger partial charge in [-0.25, -0.2) is 0 Å². The van der Waals surface area contributed by atoms with E-state index < -0.39 is 0 Å². The van der Waals surface area contributed by atoms with Gasteiger partial charge >= 0.3 is 0 Å². The zero-order valence-electron chi connectivity index (χ0n) is 11.1. The highest BCUT2D eigenvalue weighted by molar-refractivity contribution is 5.12. The molecule has 1 N–H and O–H groups in total. The molecule has 1 saturated heterocycles. The number of fused-ring (bicyclic) bond motifs is 1. The Hall–Kier alpha value is -0.910. The standard InChI is InChI=1S/C13H22N4O/c1-18-10-12-3-2-5-16(12)9-11-7-13-8-14-4-6-17(13)15-11/h7,12,14H,2-6,8-10H2,1H3/t12-/m0/s1. The fraction of sp³-hybridized carbons (Fsp3) is 0.769. The van der Waals surface area contributed by atoms with E-state index in [9.17, 15) is 0 Å². The van der Waals surface area contributed by atoms with Crippen LogP contribution in [0.5, 0.6) is 0 Å². The Morgan fingerprint density at radius 1 is 1.50 bits per heavy atom. The lowest BCUT2D eigenvalue weighted by Gasteiger charge is -2.22. The zero-order chi connectivity index (χ0) is 12.4. The molecule has 3 rings (SSSR count). The monoisotopic (exact) mass is 250 g/mol. The molecule has 0 aliphatic carbocycles. The van der Waals surface area contributed by atoms with E-state index in [4.69, 9.17) is 9.84 Å². The van der Waals surface area contributed by atoms with E-state index in [2.05, 4.69) is 21.0 Å². The van der Waals surface area contributed by atoms with Gasteiger partial charge in [0.15, 0.2) is 0 Å². The first-order valence-corrected chi connectivity index (χ1v) is 6.86. The number of aromatic nitrogens is 2. The molecule has 1 fully saturated rings. The minimum absolute atomic E-state index is 0.576. The number of nitrogens with zero attached hydrogens (tertiary/aromatic N) is 3. The number of rotatable bonds is 4. The second kappa shape index (κ2) is 5.38. The van der Waals surface area contributed by atoms with Crippen LogP contribution in [0.4, 0.5) is 0 Å². The Kier molecular flexibility index (Phi) is 3.63. The van der Waals surface area contributed by atoms with Crippen molar-refractivity contribution in [2.45, 2.75) is 38.5 Å². The Morgan fingerprint density at radius 2 is 2.44 bits per heavy atom. The highest BCUT2D eigenvalue weighted by atomic mass is 16.5. The summed E-state index contributed by atoms with van der Waals surface area (Å²) in [6, 6.07) is 2.82. The van der Waals surface area contributed by atoms with Crippen molar-refractivity contribution in [3.8, 4) is 0 Å². The number of hydrogen-bond donors (Lipinski definition) is 1. The summed E-state index contributed by atoms with van der Waals surface area (Å²) in [6.07, 6.45) is 2.53. The molecule has 2 aliphatic rings. The summed E-state index contributed by atoms with van der Waals surface area (Å²) >= 11 is 0. The number of ether oxygens (including phenoxy) is 1. The van der Waals surface area contributed by atoms with Gasteiger partial charge < -0.3 is 10.1 Å². The van der Waals surface area contributed by atoms with E-state index in [0.29, 0.717) is 6.04 Å². The van der Waals surface area contributed by atoms with Crippen molar-refractivity contribution in [1.29, 1.82) is 0 Å².